The third kappa shape index (κ3) is 3.98. The summed E-state index contributed by atoms with van der Waals surface area (Å²) in [4.78, 5) is 16.4. The summed E-state index contributed by atoms with van der Waals surface area (Å²) in [5.41, 5.74) is 2.64. The molecule has 88 valence electrons. The number of hydroxylamine groups is 1. The Morgan fingerprint density at radius 1 is 1.31 bits per heavy atom. The Hall–Kier alpha value is -0.810. The Labute approximate surface area is 103 Å². The molecule has 0 aliphatic heterocycles. The highest BCUT2D eigenvalue weighted by Gasteiger charge is 2.07. The molecule has 1 N–H and O–H groups in total. The minimum absolute atomic E-state index is 0.281. The Morgan fingerprint density at radius 3 is 2.69 bits per heavy atom. The molecule has 0 fully saturated rings. The van der Waals surface area contributed by atoms with Gasteiger partial charge in [0.15, 0.2) is 0 Å². The van der Waals surface area contributed by atoms with Crippen molar-refractivity contribution < 1.29 is 14.4 Å². The molecule has 1 amide bonds. The molecule has 0 spiro atoms. The number of hydrogen-bond donors (Lipinski definition) is 1. The van der Waals surface area contributed by atoms with Crippen LogP contribution in [0, 0.1) is 0 Å². The van der Waals surface area contributed by atoms with Gasteiger partial charge in [-0.2, -0.15) is 0 Å². The van der Waals surface area contributed by atoms with E-state index in [1.807, 2.05) is 0 Å². The monoisotopic (exact) mass is 263 g/mol. The number of methoxy groups -OCH3 is 1. The highest BCUT2D eigenvalue weighted by atomic mass is 35.5. The maximum atomic E-state index is 11.5. The Kier molecular flexibility index (Phi) is 5.55. The second-order valence-corrected chi connectivity index (χ2v) is 3.72. The van der Waals surface area contributed by atoms with Crippen LogP contribution >= 0.6 is 23.2 Å². The fraction of sp³-hybridized carbons (Fsp3) is 0.300. The predicted molar refractivity (Wildman–Crippen MR) is 61.8 cm³/mol. The van der Waals surface area contributed by atoms with E-state index in [-0.39, 0.29) is 12.5 Å². The normalized spacial score (nSPS) is 10.2. The van der Waals surface area contributed by atoms with Crippen LogP contribution in [-0.2, 0) is 9.57 Å². The van der Waals surface area contributed by atoms with Crippen molar-refractivity contribution >= 4 is 29.1 Å². The van der Waals surface area contributed by atoms with Gasteiger partial charge in [0.25, 0.3) is 5.91 Å². The summed E-state index contributed by atoms with van der Waals surface area (Å²) in [5, 5.41) is 0.727. The number of rotatable bonds is 5. The van der Waals surface area contributed by atoms with Crippen molar-refractivity contribution in [3.63, 3.8) is 0 Å². The molecule has 0 radical (unpaired) electrons. The number of benzene rings is 1. The first-order valence-corrected chi connectivity index (χ1v) is 5.27. The molecule has 1 rings (SSSR count). The highest BCUT2D eigenvalue weighted by molar-refractivity contribution is 6.42. The van der Waals surface area contributed by atoms with Crippen molar-refractivity contribution in [3.8, 4) is 0 Å². The van der Waals surface area contributed by atoms with E-state index in [0.717, 1.165) is 0 Å². The molecule has 1 aromatic rings. The lowest BCUT2D eigenvalue weighted by Gasteiger charge is -2.05. The molecule has 0 saturated heterocycles. The van der Waals surface area contributed by atoms with Crippen molar-refractivity contribution in [2.75, 3.05) is 20.3 Å². The number of hydrogen-bond acceptors (Lipinski definition) is 3. The van der Waals surface area contributed by atoms with Gasteiger partial charge in [-0.1, -0.05) is 23.2 Å². The van der Waals surface area contributed by atoms with Gasteiger partial charge < -0.3 is 4.74 Å². The zero-order chi connectivity index (χ0) is 12.0. The molecule has 0 aliphatic rings. The number of ether oxygens (including phenoxy) is 1. The zero-order valence-corrected chi connectivity index (χ0v) is 10.1. The van der Waals surface area contributed by atoms with E-state index >= 15 is 0 Å². The smallest absolute Gasteiger partial charge is 0.274 e. The molecule has 16 heavy (non-hydrogen) atoms. The van der Waals surface area contributed by atoms with Gasteiger partial charge in [0.05, 0.1) is 23.3 Å². The zero-order valence-electron chi connectivity index (χ0n) is 8.63. The maximum Gasteiger partial charge on any atom is 0.274 e. The molecule has 6 heteroatoms. The summed E-state index contributed by atoms with van der Waals surface area (Å²) in [6, 6.07) is 4.58. The summed E-state index contributed by atoms with van der Waals surface area (Å²) < 4.78 is 4.75. The Morgan fingerprint density at radius 2 is 2.06 bits per heavy atom. The van der Waals surface area contributed by atoms with Gasteiger partial charge >= 0.3 is 0 Å². The molecule has 0 aliphatic carbocycles. The molecule has 0 bridgehead atoms. The van der Waals surface area contributed by atoms with Gasteiger partial charge in [0, 0.05) is 12.7 Å². The van der Waals surface area contributed by atoms with E-state index in [1.165, 1.54) is 6.07 Å². The largest absolute Gasteiger partial charge is 0.382 e. The van der Waals surface area contributed by atoms with Crippen LogP contribution in [0.2, 0.25) is 10.0 Å². The predicted octanol–water partition coefficient (Wildman–Crippen LogP) is 2.30. The molecule has 4 nitrogen and oxygen atoms in total. The van der Waals surface area contributed by atoms with Crippen LogP contribution < -0.4 is 5.48 Å². The van der Waals surface area contributed by atoms with Crippen LogP contribution in [0.25, 0.3) is 0 Å². The average molecular weight is 264 g/mol. The van der Waals surface area contributed by atoms with E-state index in [0.29, 0.717) is 22.2 Å². The third-order valence-corrected chi connectivity index (χ3v) is 2.48. The standard InChI is InChI=1S/C10H11Cl2NO3/c1-15-4-5-16-13-10(14)7-2-3-8(11)9(12)6-7/h2-3,6H,4-5H2,1H3,(H,13,14). The molecular weight excluding hydrogens is 253 g/mol. The van der Waals surface area contributed by atoms with Crippen LogP contribution in [0.4, 0.5) is 0 Å². The van der Waals surface area contributed by atoms with Gasteiger partial charge in [-0.3, -0.25) is 9.63 Å². The van der Waals surface area contributed by atoms with Crippen LogP contribution in [0.1, 0.15) is 10.4 Å². The van der Waals surface area contributed by atoms with E-state index in [9.17, 15) is 4.79 Å². The van der Waals surface area contributed by atoms with Gasteiger partial charge in [-0.15, -0.1) is 0 Å². The summed E-state index contributed by atoms with van der Waals surface area (Å²) in [6.07, 6.45) is 0. The van der Waals surface area contributed by atoms with E-state index in [1.54, 1.807) is 19.2 Å². The quantitative estimate of drug-likeness (QED) is 0.655. The van der Waals surface area contributed by atoms with Crippen LogP contribution in [0.5, 0.6) is 0 Å². The minimum Gasteiger partial charge on any atom is -0.382 e. The lowest BCUT2D eigenvalue weighted by Crippen LogP contribution is -2.25. The summed E-state index contributed by atoms with van der Waals surface area (Å²) >= 11 is 11.5. The first-order valence-electron chi connectivity index (χ1n) is 4.51. The molecule has 0 aromatic heterocycles. The minimum atomic E-state index is -0.380. The molecule has 0 unspecified atom stereocenters. The van der Waals surface area contributed by atoms with E-state index in [2.05, 4.69) is 5.48 Å². The van der Waals surface area contributed by atoms with Crippen molar-refractivity contribution in [3.05, 3.63) is 33.8 Å². The van der Waals surface area contributed by atoms with E-state index < -0.39 is 0 Å². The number of carbonyl (C=O) groups is 1. The van der Waals surface area contributed by atoms with Crippen molar-refractivity contribution in [2.45, 2.75) is 0 Å². The van der Waals surface area contributed by atoms with Crippen molar-refractivity contribution in [1.82, 2.24) is 5.48 Å². The highest BCUT2D eigenvalue weighted by Crippen LogP contribution is 2.22. The van der Waals surface area contributed by atoms with Crippen LogP contribution in [-0.4, -0.2) is 26.2 Å². The van der Waals surface area contributed by atoms with Gasteiger partial charge in [-0.25, -0.2) is 5.48 Å². The summed E-state index contributed by atoms with van der Waals surface area (Å²) in [5.74, 6) is -0.380. The Bertz CT molecular complexity index is 371. The SMILES string of the molecule is COCCONC(=O)c1ccc(Cl)c(Cl)c1. The average Bonchev–Trinajstić information content (AvgIpc) is 2.28. The van der Waals surface area contributed by atoms with Gasteiger partial charge in [-0.05, 0) is 18.2 Å². The molecule has 1 aromatic carbocycles. The topological polar surface area (TPSA) is 47.6 Å². The fourth-order valence-electron chi connectivity index (χ4n) is 0.938. The number of nitrogens with one attached hydrogen (secondary N) is 1. The van der Waals surface area contributed by atoms with Crippen molar-refractivity contribution in [1.29, 1.82) is 0 Å². The van der Waals surface area contributed by atoms with Crippen LogP contribution in [0.15, 0.2) is 18.2 Å². The Balaban J connectivity index is 2.50. The first-order chi connectivity index (χ1) is 7.65. The fourth-order valence-corrected chi connectivity index (χ4v) is 1.24. The van der Waals surface area contributed by atoms with Gasteiger partial charge in [0.1, 0.15) is 0 Å². The third-order valence-electron chi connectivity index (χ3n) is 1.74. The second-order valence-electron chi connectivity index (χ2n) is 2.90. The molecular formula is C10H11Cl2NO3. The number of amides is 1. The lowest BCUT2D eigenvalue weighted by molar-refractivity contribution is 0.00889. The van der Waals surface area contributed by atoms with Crippen LogP contribution in [0.3, 0.4) is 0 Å². The molecule has 0 saturated carbocycles. The maximum absolute atomic E-state index is 11.5. The van der Waals surface area contributed by atoms with E-state index in [4.69, 9.17) is 32.8 Å². The van der Waals surface area contributed by atoms with Crippen molar-refractivity contribution in [2.24, 2.45) is 0 Å². The summed E-state index contributed by atoms with van der Waals surface area (Å²) in [6.45, 7) is 0.686. The molecule has 0 heterocycles. The first kappa shape index (κ1) is 13.3. The molecule has 0 atom stereocenters. The number of carbonyl (C=O) groups excluding carboxylic acids is 1. The van der Waals surface area contributed by atoms with Gasteiger partial charge in [0.2, 0.25) is 0 Å². The summed E-state index contributed by atoms with van der Waals surface area (Å²) in [7, 11) is 1.55. The number of halogens is 2. The lowest BCUT2D eigenvalue weighted by atomic mass is 10.2. The second kappa shape index (κ2) is 6.70.